The molecule has 0 atom stereocenters. The summed E-state index contributed by atoms with van der Waals surface area (Å²) in [5.74, 6) is -0.236. The van der Waals surface area contributed by atoms with Gasteiger partial charge >= 0.3 is 5.97 Å². The van der Waals surface area contributed by atoms with E-state index in [0.29, 0.717) is 6.42 Å². The molecule has 0 spiro atoms. The molecule has 0 unspecified atom stereocenters. The van der Waals surface area contributed by atoms with Gasteiger partial charge in [0.05, 0.1) is 0 Å². The van der Waals surface area contributed by atoms with Gasteiger partial charge in [0, 0.05) is 6.42 Å². The van der Waals surface area contributed by atoms with Crippen molar-refractivity contribution in [3.05, 3.63) is 0 Å². The topological polar surface area (TPSA) is 35.5 Å². The zero-order chi connectivity index (χ0) is 14.6. The number of carbonyl (C=O) groups excluding carboxylic acids is 1. The van der Waals surface area contributed by atoms with E-state index in [4.69, 9.17) is 9.78 Å². The first kappa shape index (κ1) is 18.4. The molecule has 0 aliphatic carbocycles. The van der Waals surface area contributed by atoms with Gasteiger partial charge in [-0.25, -0.2) is 4.79 Å². The van der Waals surface area contributed by atoms with E-state index < -0.39 is 0 Å². The maximum Gasteiger partial charge on any atom is 0.342 e. The van der Waals surface area contributed by atoms with Crippen molar-refractivity contribution >= 4 is 5.97 Å². The average Bonchev–Trinajstić information content (AvgIpc) is 2.36. The maximum absolute atomic E-state index is 11.5. The number of unbranched alkanes of at least 4 members (excludes halogenated alkanes) is 6. The quantitative estimate of drug-likeness (QED) is 0.279. The smallest absolute Gasteiger partial charge is 0.298 e. The van der Waals surface area contributed by atoms with Crippen LogP contribution in [0.25, 0.3) is 0 Å². The van der Waals surface area contributed by atoms with Crippen molar-refractivity contribution in [2.45, 2.75) is 97.5 Å². The molecule has 0 aliphatic rings. The van der Waals surface area contributed by atoms with Crippen LogP contribution in [0, 0.1) is 0 Å². The highest BCUT2D eigenvalue weighted by Gasteiger charge is 2.21. The monoisotopic (exact) mass is 272 g/mol. The van der Waals surface area contributed by atoms with E-state index in [9.17, 15) is 4.79 Å². The number of hydrogen-bond donors (Lipinski definition) is 0. The summed E-state index contributed by atoms with van der Waals surface area (Å²) in [5, 5.41) is 0. The number of hydrogen-bond acceptors (Lipinski definition) is 3. The molecule has 3 heteroatoms. The number of rotatable bonds is 12. The van der Waals surface area contributed by atoms with Crippen molar-refractivity contribution in [2.24, 2.45) is 0 Å². The van der Waals surface area contributed by atoms with Crippen molar-refractivity contribution < 1.29 is 14.6 Å². The molecular weight excluding hydrogens is 240 g/mol. The Balaban J connectivity index is 3.59. The molecule has 3 nitrogen and oxygen atoms in total. The average molecular weight is 272 g/mol. The minimum atomic E-state index is -0.368. The van der Waals surface area contributed by atoms with E-state index in [-0.39, 0.29) is 11.6 Å². The van der Waals surface area contributed by atoms with Crippen LogP contribution in [0.1, 0.15) is 91.9 Å². The molecule has 0 radical (unpaired) electrons. The highest BCUT2D eigenvalue weighted by atomic mass is 17.2. The first-order chi connectivity index (χ1) is 9.02. The lowest BCUT2D eigenvalue weighted by atomic mass is 10.0. The molecule has 0 aromatic carbocycles. The van der Waals surface area contributed by atoms with Crippen molar-refractivity contribution in [1.82, 2.24) is 0 Å². The molecular formula is C16H32O3. The molecule has 0 fully saturated rings. The molecule has 114 valence electrons. The van der Waals surface area contributed by atoms with Gasteiger partial charge < -0.3 is 0 Å². The highest BCUT2D eigenvalue weighted by molar-refractivity contribution is 5.68. The SMILES string of the molecule is CCCCCCCC(=O)OOC(C)(C)CCCCC. The first-order valence-corrected chi connectivity index (χ1v) is 7.90. The Morgan fingerprint density at radius 2 is 1.47 bits per heavy atom. The van der Waals surface area contributed by atoms with E-state index in [0.717, 1.165) is 25.7 Å². The second kappa shape index (κ2) is 11.3. The van der Waals surface area contributed by atoms with E-state index in [1.807, 2.05) is 13.8 Å². The van der Waals surface area contributed by atoms with Crippen molar-refractivity contribution in [3.63, 3.8) is 0 Å². The minimum absolute atomic E-state index is 0.236. The Kier molecular flexibility index (Phi) is 10.9. The van der Waals surface area contributed by atoms with Crippen LogP contribution in [0.2, 0.25) is 0 Å². The van der Waals surface area contributed by atoms with Gasteiger partial charge in [-0.2, -0.15) is 4.89 Å². The van der Waals surface area contributed by atoms with Crippen LogP contribution in [0.5, 0.6) is 0 Å². The van der Waals surface area contributed by atoms with Gasteiger partial charge in [0.2, 0.25) is 0 Å². The molecule has 0 saturated heterocycles. The molecule has 0 rings (SSSR count). The second-order valence-corrected chi connectivity index (χ2v) is 5.92. The minimum Gasteiger partial charge on any atom is -0.298 e. The Hall–Kier alpha value is -0.570. The number of carbonyl (C=O) groups is 1. The summed E-state index contributed by atoms with van der Waals surface area (Å²) in [6, 6.07) is 0. The fourth-order valence-corrected chi connectivity index (χ4v) is 1.92. The van der Waals surface area contributed by atoms with Crippen LogP contribution in [0.15, 0.2) is 0 Å². The summed E-state index contributed by atoms with van der Waals surface area (Å²) in [5.41, 5.74) is -0.368. The van der Waals surface area contributed by atoms with Gasteiger partial charge in [-0.3, -0.25) is 4.89 Å². The second-order valence-electron chi connectivity index (χ2n) is 5.92. The normalized spacial score (nSPS) is 11.6. The summed E-state index contributed by atoms with van der Waals surface area (Å²) >= 11 is 0. The maximum atomic E-state index is 11.5. The predicted molar refractivity (Wildman–Crippen MR) is 78.8 cm³/mol. The summed E-state index contributed by atoms with van der Waals surface area (Å²) < 4.78 is 0. The van der Waals surface area contributed by atoms with Gasteiger partial charge in [-0.05, 0) is 26.7 Å². The molecule has 0 aromatic heterocycles. The first-order valence-electron chi connectivity index (χ1n) is 7.90. The largest absolute Gasteiger partial charge is 0.342 e. The molecule has 0 heterocycles. The zero-order valence-corrected chi connectivity index (χ0v) is 13.3. The van der Waals surface area contributed by atoms with E-state index in [1.54, 1.807) is 0 Å². The lowest BCUT2D eigenvalue weighted by Crippen LogP contribution is -2.26. The highest BCUT2D eigenvalue weighted by Crippen LogP contribution is 2.19. The zero-order valence-electron chi connectivity index (χ0n) is 13.3. The van der Waals surface area contributed by atoms with Gasteiger partial charge in [0.1, 0.15) is 5.60 Å². The predicted octanol–water partition coefficient (Wildman–Crippen LogP) is 5.18. The molecule has 0 aliphatic heterocycles. The fourth-order valence-electron chi connectivity index (χ4n) is 1.92. The Bertz CT molecular complexity index is 224. The molecule has 0 aromatic rings. The van der Waals surface area contributed by atoms with Gasteiger partial charge in [0.15, 0.2) is 0 Å². The Morgan fingerprint density at radius 1 is 0.895 bits per heavy atom. The van der Waals surface area contributed by atoms with Crippen molar-refractivity contribution in [1.29, 1.82) is 0 Å². The third-order valence-corrected chi connectivity index (χ3v) is 3.23. The van der Waals surface area contributed by atoms with Crippen LogP contribution >= 0.6 is 0 Å². The molecule has 0 N–H and O–H groups in total. The lowest BCUT2D eigenvalue weighted by Gasteiger charge is -2.22. The molecule has 0 amide bonds. The third-order valence-electron chi connectivity index (χ3n) is 3.23. The van der Waals surface area contributed by atoms with E-state index in [2.05, 4.69) is 13.8 Å². The summed E-state index contributed by atoms with van der Waals surface area (Å²) in [7, 11) is 0. The standard InChI is InChI=1S/C16H32O3/c1-5-7-9-10-11-13-15(17)18-19-16(3,4)14-12-8-6-2/h5-14H2,1-4H3. The van der Waals surface area contributed by atoms with Gasteiger partial charge in [0.25, 0.3) is 0 Å². The molecule has 0 bridgehead atoms. The van der Waals surface area contributed by atoms with Gasteiger partial charge in [-0.1, -0.05) is 58.8 Å². The van der Waals surface area contributed by atoms with Crippen LogP contribution in [-0.2, 0) is 14.6 Å². The lowest BCUT2D eigenvalue weighted by molar-refractivity contribution is -0.326. The van der Waals surface area contributed by atoms with Crippen molar-refractivity contribution in [3.8, 4) is 0 Å². The van der Waals surface area contributed by atoms with Crippen LogP contribution in [-0.4, -0.2) is 11.6 Å². The van der Waals surface area contributed by atoms with E-state index in [1.165, 1.54) is 32.1 Å². The van der Waals surface area contributed by atoms with Gasteiger partial charge in [-0.15, -0.1) is 0 Å². The summed E-state index contributed by atoms with van der Waals surface area (Å²) in [6.07, 6.45) is 10.5. The van der Waals surface area contributed by atoms with E-state index >= 15 is 0 Å². The molecule has 0 saturated carbocycles. The van der Waals surface area contributed by atoms with Crippen molar-refractivity contribution in [2.75, 3.05) is 0 Å². The fraction of sp³-hybridized carbons (Fsp3) is 0.938. The molecule has 19 heavy (non-hydrogen) atoms. The van der Waals surface area contributed by atoms with Crippen LogP contribution < -0.4 is 0 Å². The summed E-state index contributed by atoms with van der Waals surface area (Å²) in [6.45, 7) is 8.30. The Labute approximate surface area is 119 Å². The third kappa shape index (κ3) is 12.2. The Morgan fingerprint density at radius 3 is 2.11 bits per heavy atom. The van der Waals surface area contributed by atoms with Crippen LogP contribution in [0.3, 0.4) is 0 Å². The van der Waals surface area contributed by atoms with Crippen LogP contribution in [0.4, 0.5) is 0 Å². The summed E-state index contributed by atoms with van der Waals surface area (Å²) in [4.78, 5) is 21.7.